The van der Waals surface area contributed by atoms with Crippen molar-refractivity contribution in [3.63, 3.8) is 0 Å². The number of nitrogens with zero attached hydrogens (tertiary/aromatic N) is 2. The van der Waals surface area contributed by atoms with Crippen LogP contribution in [0.1, 0.15) is 0 Å². The molecule has 0 saturated heterocycles. The zero-order chi connectivity index (χ0) is 9.10. The first-order valence-corrected chi connectivity index (χ1v) is 4.22. The number of hydrogen-bond acceptors (Lipinski definition) is 3. The molecule has 13 heavy (non-hydrogen) atoms. The standard InChI is InChI=1S/C10H6N2S/c13-7-12-10-2-1-8-3-4-11-6-9(8)5-10/h1-6H. The molecule has 0 saturated carbocycles. The molecule has 0 unspecified atom stereocenters. The second-order valence-corrected chi connectivity index (χ2v) is 2.79. The molecule has 2 rings (SSSR count). The summed E-state index contributed by atoms with van der Waals surface area (Å²) in [7, 11) is 0. The molecule has 1 aromatic carbocycles. The van der Waals surface area contributed by atoms with Gasteiger partial charge < -0.3 is 0 Å². The Bertz CT molecular complexity index is 487. The summed E-state index contributed by atoms with van der Waals surface area (Å²) in [4.78, 5) is 7.92. The van der Waals surface area contributed by atoms with Crippen LogP contribution in [0.4, 0.5) is 5.69 Å². The SMILES string of the molecule is S=C=Nc1ccc2ccncc2c1. The maximum atomic E-state index is 4.52. The minimum absolute atomic E-state index is 0.815. The van der Waals surface area contributed by atoms with Gasteiger partial charge in [-0.3, -0.25) is 4.98 Å². The third kappa shape index (κ3) is 1.61. The number of rotatable bonds is 1. The number of aliphatic imine (C=N–C) groups is 1. The van der Waals surface area contributed by atoms with Gasteiger partial charge in [0.25, 0.3) is 0 Å². The first-order chi connectivity index (χ1) is 6.40. The van der Waals surface area contributed by atoms with Gasteiger partial charge in [-0.15, -0.1) is 0 Å². The molecule has 62 valence electrons. The molecule has 2 nitrogen and oxygen atoms in total. The highest BCUT2D eigenvalue weighted by Gasteiger charge is 1.93. The predicted molar refractivity (Wildman–Crippen MR) is 56.4 cm³/mol. The van der Waals surface area contributed by atoms with Gasteiger partial charge in [-0.05, 0) is 35.8 Å². The van der Waals surface area contributed by atoms with E-state index in [0.29, 0.717) is 0 Å². The van der Waals surface area contributed by atoms with Crippen LogP contribution in [-0.2, 0) is 0 Å². The van der Waals surface area contributed by atoms with Gasteiger partial charge in [-0.25, -0.2) is 0 Å². The van der Waals surface area contributed by atoms with E-state index in [1.807, 2.05) is 24.3 Å². The van der Waals surface area contributed by atoms with Crippen molar-refractivity contribution in [3.05, 3.63) is 36.7 Å². The number of fused-ring (bicyclic) bond motifs is 1. The Morgan fingerprint density at radius 2 is 2.15 bits per heavy atom. The van der Waals surface area contributed by atoms with Crippen LogP contribution in [0.5, 0.6) is 0 Å². The van der Waals surface area contributed by atoms with Gasteiger partial charge in [0.05, 0.1) is 10.8 Å². The van der Waals surface area contributed by atoms with E-state index in [9.17, 15) is 0 Å². The Labute approximate surface area is 81.0 Å². The van der Waals surface area contributed by atoms with Crippen molar-refractivity contribution in [1.82, 2.24) is 4.98 Å². The highest BCUT2D eigenvalue weighted by Crippen LogP contribution is 2.19. The number of hydrogen-bond donors (Lipinski definition) is 0. The number of thiocarbonyl (C=S) groups is 1. The number of aromatic nitrogens is 1. The average Bonchev–Trinajstić information content (AvgIpc) is 2.18. The van der Waals surface area contributed by atoms with Gasteiger partial charge >= 0.3 is 0 Å². The molecule has 0 N–H and O–H groups in total. The van der Waals surface area contributed by atoms with Crippen LogP contribution in [-0.4, -0.2) is 10.1 Å². The molecular formula is C10H6N2S. The maximum Gasteiger partial charge on any atom is 0.0746 e. The van der Waals surface area contributed by atoms with Crippen LogP contribution in [0, 0.1) is 0 Å². The molecular weight excluding hydrogens is 180 g/mol. The lowest BCUT2D eigenvalue weighted by Crippen LogP contribution is -1.73. The van der Waals surface area contributed by atoms with Crippen molar-refractivity contribution in [2.24, 2.45) is 4.99 Å². The van der Waals surface area contributed by atoms with Gasteiger partial charge in [0.2, 0.25) is 0 Å². The van der Waals surface area contributed by atoms with Crippen molar-refractivity contribution in [3.8, 4) is 0 Å². The van der Waals surface area contributed by atoms with Crippen molar-refractivity contribution in [1.29, 1.82) is 0 Å². The summed E-state index contributed by atoms with van der Waals surface area (Å²) >= 11 is 4.52. The van der Waals surface area contributed by atoms with Crippen molar-refractivity contribution in [2.75, 3.05) is 0 Å². The lowest BCUT2D eigenvalue weighted by atomic mass is 10.1. The fraction of sp³-hybridized carbons (Fsp3) is 0. The van der Waals surface area contributed by atoms with Gasteiger partial charge in [0.15, 0.2) is 0 Å². The normalized spacial score (nSPS) is 9.54. The largest absolute Gasteiger partial charge is 0.264 e. The summed E-state index contributed by atoms with van der Waals surface area (Å²) in [6, 6.07) is 7.78. The molecule has 0 spiro atoms. The van der Waals surface area contributed by atoms with Crippen molar-refractivity contribution >= 4 is 33.8 Å². The van der Waals surface area contributed by atoms with Gasteiger partial charge in [0, 0.05) is 17.8 Å². The molecule has 1 aromatic heterocycles. The predicted octanol–water partition coefficient (Wildman–Crippen LogP) is 2.97. The van der Waals surface area contributed by atoms with Gasteiger partial charge in [-0.2, -0.15) is 4.99 Å². The molecule has 0 atom stereocenters. The second kappa shape index (κ2) is 3.44. The molecule has 1 heterocycles. The van der Waals surface area contributed by atoms with Crippen LogP contribution in [0.2, 0.25) is 0 Å². The Balaban J connectivity index is 2.68. The van der Waals surface area contributed by atoms with E-state index >= 15 is 0 Å². The van der Waals surface area contributed by atoms with Crippen molar-refractivity contribution in [2.45, 2.75) is 0 Å². The lowest BCUT2D eigenvalue weighted by molar-refractivity contribution is 1.36. The average molecular weight is 186 g/mol. The Morgan fingerprint density at radius 1 is 1.23 bits per heavy atom. The zero-order valence-corrected chi connectivity index (χ0v) is 7.58. The molecule has 0 amide bonds. The molecule has 0 aliphatic carbocycles. The van der Waals surface area contributed by atoms with E-state index in [1.165, 1.54) is 0 Å². The van der Waals surface area contributed by atoms with Crippen LogP contribution in [0.25, 0.3) is 10.8 Å². The molecule has 0 aliphatic rings. The first-order valence-electron chi connectivity index (χ1n) is 3.82. The number of isothiocyanates is 1. The van der Waals surface area contributed by atoms with E-state index < -0.39 is 0 Å². The van der Waals surface area contributed by atoms with Gasteiger partial charge in [-0.1, -0.05) is 6.07 Å². The summed E-state index contributed by atoms with van der Waals surface area (Å²) in [5.41, 5.74) is 0.815. The summed E-state index contributed by atoms with van der Waals surface area (Å²) < 4.78 is 0. The van der Waals surface area contributed by atoms with Crippen LogP contribution in [0.15, 0.2) is 41.7 Å². The van der Waals surface area contributed by atoms with Crippen LogP contribution in [0.3, 0.4) is 0 Å². The molecule has 2 aromatic rings. The Morgan fingerprint density at radius 3 is 3.00 bits per heavy atom. The molecule has 0 aliphatic heterocycles. The van der Waals surface area contributed by atoms with E-state index in [-0.39, 0.29) is 0 Å². The quantitative estimate of drug-likeness (QED) is 0.505. The van der Waals surface area contributed by atoms with E-state index in [1.54, 1.807) is 12.4 Å². The van der Waals surface area contributed by atoms with Crippen LogP contribution >= 0.6 is 12.2 Å². The summed E-state index contributed by atoms with van der Waals surface area (Å²) in [6.45, 7) is 0. The monoisotopic (exact) mass is 186 g/mol. The second-order valence-electron chi connectivity index (χ2n) is 2.61. The summed E-state index contributed by atoms with van der Waals surface area (Å²) in [6.07, 6.45) is 3.57. The fourth-order valence-corrected chi connectivity index (χ4v) is 1.30. The molecule has 0 radical (unpaired) electrons. The van der Waals surface area contributed by atoms with E-state index in [2.05, 4.69) is 27.4 Å². The zero-order valence-electron chi connectivity index (χ0n) is 6.77. The topological polar surface area (TPSA) is 25.2 Å². The van der Waals surface area contributed by atoms with E-state index in [0.717, 1.165) is 16.5 Å². The third-order valence-corrected chi connectivity index (χ3v) is 1.89. The lowest BCUT2D eigenvalue weighted by Gasteiger charge is -1.96. The first kappa shape index (κ1) is 8.05. The van der Waals surface area contributed by atoms with Crippen LogP contribution < -0.4 is 0 Å². The van der Waals surface area contributed by atoms with E-state index in [4.69, 9.17) is 0 Å². The highest BCUT2D eigenvalue weighted by atomic mass is 32.1. The number of pyridine rings is 1. The minimum Gasteiger partial charge on any atom is -0.264 e. The minimum atomic E-state index is 0.815. The Kier molecular flexibility index (Phi) is 2.13. The summed E-state index contributed by atoms with van der Waals surface area (Å²) in [5, 5.41) is 4.55. The molecule has 0 bridgehead atoms. The maximum absolute atomic E-state index is 4.52. The fourth-order valence-electron chi connectivity index (χ4n) is 1.19. The van der Waals surface area contributed by atoms with Gasteiger partial charge in [0.1, 0.15) is 0 Å². The molecule has 3 heteroatoms. The van der Waals surface area contributed by atoms with Crippen molar-refractivity contribution < 1.29 is 0 Å². The molecule has 0 fully saturated rings. The number of benzene rings is 1. The Hall–Kier alpha value is -1.57. The third-order valence-electron chi connectivity index (χ3n) is 1.80. The smallest absolute Gasteiger partial charge is 0.0746 e. The highest BCUT2D eigenvalue weighted by molar-refractivity contribution is 7.78. The summed E-state index contributed by atoms with van der Waals surface area (Å²) in [5.74, 6) is 0.